The topological polar surface area (TPSA) is 57.6 Å². The van der Waals surface area contributed by atoms with Crippen LogP contribution >= 0.6 is 0 Å². The molecule has 4 nitrogen and oxygen atoms in total. The molecule has 1 aromatic rings. The second-order valence-electron chi connectivity index (χ2n) is 4.39. The number of carboxylic acids is 1. The molecule has 0 spiro atoms. The first kappa shape index (κ1) is 12.5. The van der Waals surface area contributed by atoms with E-state index in [1.54, 1.807) is 6.07 Å². The van der Waals surface area contributed by atoms with E-state index < -0.39 is 17.8 Å². The lowest BCUT2D eigenvalue weighted by Gasteiger charge is -2.21. The van der Waals surface area contributed by atoms with Gasteiger partial charge in [-0.2, -0.15) is 0 Å². The van der Waals surface area contributed by atoms with Gasteiger partial charge in [0.05, 0.1) is 6.42 Å². The van der Waals surface area contributed by atoms with Crippen molar-refractivity contribution in [3.63, 3.8) is 0 Å². The number of hydrogen-bond donors (Lipinski definition) is 1. The zero-order valence-corrected chi connectivity index (χ0v) is 9.80. The lowest BCUT2D eigenvalue weighted by atomic mass is 10.1. The van der Waals surface area contributed by atoms with Crippen LogP contribution < -0.4 is 0 Å². The normalized spacial score (nSPS) is 18.9. The van der Waals surface area contributed by atoms with Crippen molar-refractivity contribution in [3.8, 4) is 0 Å². The van der Waals surface area contributed by atoms with E-state index in [0.29, 0.717) is 24.9 Å². The smallest absolute Gasteiger partial charge is 0.326 e. The predicted molar refractivity (Wildman–Crippen MR) is 62.5 cm³/mol. The van der Waals surface area contributed by atoms with E-state index in [0.717, 1.165) is 0 Å². The molecule has 1 heterocycles. The van der Waals surface area contributed by atoms with Gasteiger partial charge in [0.2, 0.25) is 5.91 Å². The third-order valence-electron chi connectivity index (χ3n) is 3.10. The van der Waals surface area contributed by atoms with Crippen LogP contribution in [-0.4, -0.2) is 34.5 Å². The minimum Gasteiger partial charge on any atom is -0.480 e. The van der Waals surface area contributed by atoms with Crippen LogP contribution in [0.1, 0.15) is 18.4 Å². The second kappa shape index (κ2) is 5.16. The third kappa shape index (κ3) is 2.67. The maximum absolute atomic E-state index is 13.0. The summed E-state index contributed by atoms with van der Waals surface area (Å²) in [5.41, 5.74) is 0.566. The Hall–Kier alpha value is -1.91. The summed E-state index contributed by atoms with van der Waals surface area (Å²) in [4.78, 5) is 24.3. The first-order chi connectivity index (χ1) is 8.58. The summed E-state index contributed by atoms with van der Waals surface area (Å²) < 4.78 is 13.0. The number of hydrogen-bond acceptors (Lipinski definition) is 2. The largest absolute Gasteiger partial charge is 0.480 e. The van der Waals surface area contributed by atoms with Gasteiger partial charge in [0.15, 0.2) is 0 Å². The summed E-state index contributed by atoms with van der Waals surface area (Å²) in [7, 11) is 0. The Balaban J connectivity index is 2.06. The zero-order chi connectivity index (χ0) is 13.1. The average molecular weight is 251 g/mol. The van der Waals surface area contributed by atoms with E-state index in [2.05, 4.69) is 0 Å². The number of halogens is 1. The van der Waals surface area contributed by atoms with Crippen molar-refractivity contribution in [1.82, 2.24) is 4.90 Å². The van der Waals surface area contributed by atoms with Gasteiger partial charge in [0.25, 0.3) is 0 Å². The first-order valence-corrected chi connectivity index (χ1v) is 5.84. The van der Waals surface area contributed by atoms with E-state index in [1.165, 1.54) is 23.1 Å². The fourth-order valence-corrected chi connectivity index (χ4v) is 2.25. The molecule has 0 bridgehead atoms. The summed E-state index contributed by atoms with van der Waals surface area (Å²) in [5.74, 6) is -1.62. The predicted octanol–water partition coefficient (Wildman–Crippen LogP) is 1.44. The Morgan fingerprint density at radius 3 is 2.89 bits per heavy atom. The summed E-state index contributed by atoms with van der Waals surface area (Å²) in [6.07, 6.45) is 1.23. The number of aliphatic carboxylic acids is 1. The number of carbonyl (C=O) groups excluding carboxylic acids is 1. The molecule has 1 fully saturated rings. The molecular weight excluding hydrogens is 237 g/mol. The molecule has 0 radical (unpaired) electrons. The Morgan fingerprint density at radius 1 is 1.44 bits per heavy atom. The van der Waals surface area contributed by atoms with Crippen molar-refractivity contribution in [3.05, 3.63) is 35.6 Å². The lowest BCUT2D eigenvalue weighted by molar-refractivity contribution is -0.148. The van der Waals surface area contributed by atoms with Crippen LogP contribution in [0.4, 0.5) is 4.39 Å². The Labute approximate surface area is 104 Å². The number of carbonyl (C=O) groups is 2. The van der Waals surface area contributed by atoms with Gasteiger partial charge in [-0.3, -0.25) is 4.79 Å². The quantitative estimate of drug-likeness (QED) is 0.884. The second-order valence-corrected chi connectivity index (χ2v) is 4.39. The van der Waals surface area contributed by atoms with Gasteiger partial charge in [-0.25, -0.2) is 9.18 Å². The van der Waals surface area contributed by atoms with Gasteiger partial charge in [0.1, 0.15) is 11.9 Å². The molecule has 1 atom stereocenters. The molecule has 0 saturated carbocycles. The average Bonchev–Trinajstić information content (AvgIpc) is 2.77. The van der Waals surface area contributed by atoms with E-state index in [1.807, 2.05) is 0 Å². The van der Waals surface area contributed by atoms with Crippen molar-refractivity contribution in [2.75, 3.05) is 6.54 Å². The van der Waals surface area contributed by atoms with E-state index in [-0.39, 0.29) is 12.3 Å². The van der Waals surface area contributed by atoms with Gasteiger partial charge in [0, 0.05) is 6.54 Å². The van der Waals surface area contributed by atoms with Gasteiger partial charge in [-0.05, 0) is 30.5 Å². The molecule has 18 heavy (non-hydrogen) atoms. The minimum atomic E-state index is -0.972. The minimum absolute atomic E-state index is 0.0432. The van der Waals surface area contributed by atoms with E-state index in [4.69, 9.17) is 5.11 Å². The molecule has 1 N–H and O–H groups in total. The summed E-state index contributed by atoms with van der Waals surface area (Å²) >= 11 is 0. The van der Waals surface area contributed by atoms with E-state index >= 15 is 0 Å². The number of nitrogens with zero attached hydrogens (tertiary/aromatic N) is 1. The monoisotopic (exact) mass is 251 g/mol. The maximum atomic E-state index is 13.0. The Bertz CT molecular complexity index is 475. The SMILES string of the molecule is O=C(O)[C@@H]1CCCN1C(=O)Cc1cccc(F)c1. The summed E-state index contributed by atoms with van der Waals surface area (Å²) in [6.45, 7) is 0.463. The molecule has 0 aliphatic carbocycles. The number of likely N-dealkylation sites (tertiary alicyclic amines) is 1. The van der Waals surface area contributed by atoms with Crippen LogP contribution in [0.5, 0.6) is 0 Å². The first-order valence-electron chi connectivity index (χ1n) is 5.84. The van der Waals surface area contributed by atoms with Crippen LogP contribution in [0, 0.1) is 5.82 Å². The highest BCUT2D eigenvalue weighted by Gasteiger charge is 2.33. The number of benzene rings is 1. The maximum Gasteiger partial charge on any atom is 0.326 e. The summed E-state index contributed by atoms with van der Waals surface area (Å²) in [6, 6.07) is 5.07. The number of amides is 1. The molecule has 1 aromatic carbocycles. The standard InChI is InChI=1S/C13H14FNO3/c14-10-4-1-3-9(7-10)8-12(16)15-6-2-5-11(15)13(17)18/h1,3-4,7,11H,2,5-6,8H2,(H,17,18)/t11-/m0/s1. The molecule has 5 heteroatoms. The van der Waals surface area contributed by atoms with Crippen LogP contribution in [0.3, 0.4) is 0 Å². The molecule has 1 amide bonds. The van der Waals surface area contributed by atoms with Crippen molar-refractivity contribution in [2.24, 2.45) is 0 Å². The van der Waals surface area contributed by atoms with Crippen LogP contribution in [0.15, 0.2) is 24.3 Å². The van der Waals surface area contributed by atoms with E-state index in [9.17, 15) is 14.0 Å². The van der Waals surface area contributed by atoms with Gasteiger partial charge < -0.3 is 10.0 Å². The molecule has 1 saturated heterocycles. The molecule has 0 aromatic heterocycles. The number of rotatable bonds is 3. The van der Waals surface area contributed by atoms with Gasteiger partial charge in [-0.15, -0.1) is 0 Å². The molecule has 1 aliphatic rings. The zero-order valence-electron chi connectivity index (χ0n) is 9.80. The fourth-order valence-electron chi connectivity index (χ4n) is 2.25. The van der Waals surface area contributed by atoms with Crippen LogP contribution in [-0.2, 0) is 16.0 Å². The molecule has 1 aliphatic heterocycles. The van der Waals surface area contributed by atoms with Crippen molar-refractivity contribution in [2.45, 2.75) is 25.3 Å². The van der Waals surface area contributed by atoms with Crippen molar-refractivity contribution < 1.29 is 19.1 Å². The molecule has 2 rings (SSSR count). The molecule has 96 valence electrons. The third-order valence-corrected chi connectivity index (χ3v) is 3.10. The van der Waals surface area contributed by atoms with Crippen molar-refractivity contribution in [1.29, 1.82) is 0 Å². The summed E-state index contributed by atoms with van der Waals surface area (Å²) in [5, 5.41) is 8.99. The van der Waals surface area contributed by atoms with Crippen molar-refractivity contribution >= 4 is 11.9 Å². The van der Waals surface area contributed by atoms with Crippen LogP contribution in [0.2, 0.25) is 0 Å². The highest BCUT2D eigenvalue weighted by atomic mass is 19.1. The fraction of sp³-hybridized carbons (Fsp3) is 0.385. The van der Waals surface area contributed by atoms with Gasteiger partial charge >= 0.3 is 5.97 Å². The lowest BCUT2D eigenvalue weighted by Crippen LogP contribution is -2.41. The molecular formula is C13H14FNO3. The van der Waals surface area contributed by atoms with Gasteiger partial charge in [-0.1, -0.05) is 12.1 Å². The Morgan fingerprint density at radius 2 is 2.22 bits per heavy atom. The highest BCUT2D eigenvalue weighted by Crippen LogP contribution is 2.19. The number of carboxylic acid groups (broad SMARTS) is 1. The molecule has 0 unspecified atom stereocenters. The van der Waals surface area contributed by atoms with Crippen LogP contribution in [0.25, 0.3) is 0 Å². The highest BCUT2D eigenvalue weighted by molar-refractivity contribution is 5.85. The Kier molecular flexibility index (Phi) is 3.60.